The first kappa shape index (κ1) is 11.0. The Balaban J connectivity index is 2.48. The maximum absolute atomic E-state index is 9.32. The molecule has 0 saturated heterocycles. The van der Waals surface area contributed by atoms with Crippen molar-refractivity contribution in [3.63, 3.8) is 0 Å². The number of hydrogen-bond acceptors (Lipinski definition) is 1. The number of rotatable bonds is 4. The monoisotopic (exact) mass is 198 g/mol. The van der Waals surface area contributed by atoms with Gasteiger partial charge in [-0.2, -0.15) is 0 Å². The standard InChI is InChI=1S/C11H22OSi/c1-9-5-6-11(9)10(7-12)8-13(2,3)4/h10-12H,1,5-8H2,2-4H3. The van der Waals surface area contributed by atoms with Crippen LogP contribution in [0.4, 0.5) is 0 Å². The van der Waals surface area contributed by atoms with Gasteiger partial charge >= 0.3 is 0 Å². The summed E-state index contributed by atoms with van der Waals surface area (Å²) in [6.07, 6.45) is 2.45. The van der Waals surface area contributed by atoms with Gasteiger partial charge < -0.3 is 5.11 Å². The summed E-state index contributed by atoms with van der Waals surface area (Å²) in [5.74, 6) is 1.14. The van der Waals surface area contributed by atoms with Crippen molar-refractivity contribution in [3.05, 3.63) is 12.2 Å². The summed E-state index contributed by atoms with van der Waals surface area (Å²) in [5.41, 5.74) is 1.37. The zero-order chi connectivity index (χ0) is 10.1. The second-order valence-electron chi connectivity index (χ2n) is 5.51. The highest BCUT2D eigenvalue weighted by molar-refractivity contribution is 6.76. The molecule has 2 heteroatoms. The Morgan fingerprint density at radius 3 is 2.38 bits per heavy atom. The number of hydrogen-bond donors (Lipinski definition) is 1. The summed E-state index contributed by atoms with van der Waals surface area (Å²) >= 11 is 0. The molecule has 2 unspecified atom stereocenters. The van der Waals surface area contributed by atoms with Gasteiger partial charge in [0.1, 0.15) is 0 Å². The van der Waals surface area contributed by atoms with E-state index in [0.29, 0.717) is 18.4 Å². The van der Waals surface area contributed by atoms with Gasteiger partial charge in [-0.25, -0.2) is 0 Å². The van der Waals surface area contributed by atoms with E-state index >= 15 is 0 Å². The molecule has 0 aromatic rings. The third kappa shape index (κ3) is 2.95. The summed E-state index contributed by atoms with van der Waals surface area (Å²) in [6.45, 7) is 11.5. The third-order valence-corrected chi connectivity index (χ3v) is 4.73. The van der Waals surface area contributed by atoms with E-state index in [0.717, 1.165) is 0 Å². The van der Waals surface area contributed by atoms with E-state index in [4.69, 9.17) is 0 Å². The van der Waals surface area contributed by atoms with Gasteiger partial charge in [0.05, 0.1) is 0 Å². The first-order chi connectivity index (χ1) is 5.94. The molecule has 1 aliphatic rings. The molecule has 76 valence electrons. The SMILES string of the molecule is C=C1CCC1C(CO)C[Si](C)(C)C. The predicted octanol–water partition coefficient (Wildman–Crippen LogP) is 2.90. The largest absolute Gasteiger partial charge is 0.396 e. The van der Waals surface area contributed by atoms with Gasteiger partial charge in [0.25, 0.3) is 0 Å². The van der Waals surface area contributed by atoms with Crippen LogP contribution in [-0.2, 0) is 0 Å². The molecule has 1 saturated carbocycles. The van der Waals surface area contributed by atoms with E-state index in [9.17, 15) is 5.11 Å². The lowest BCUT2D eigenvalue weighted by atomic mass is 9.73. The van der Waals surface area contributed by atoms with Crippen molar-refractivity contribution in [2.75, 3.05) is 6.61 Å². The highest BCUT2D eigenvalue weighted by Gasteiger charge is 2.32. The van der Waals surface area contributed by atoms with Crippen molar-refractivity contribution in [1.82, 2.24) is 0 Å². The Morgan fingerprint density at radius 1 is 1.54 bits per heavy atom. The smallest absolute Gasteiger partial charge is 0.0462 e. The molecule has 0 heterocycles. The number of allylic oxidation sites excluding steroid dienone is 1. The van der Waals surface area contributed by atoms with Crippen LogP contribution in [0.25, 0.3) is 0 Å². The predicted molar refractivity (Wildman–Crippen MR) is 60.6 cm³/mol. The van der Waals surface area contributed by atoms with Gasteiger partial charge in [0.15, 0.2) is 0 Å². The summed E-state index contributed by atoms with van der Waals surface area (Å²) in [7, 11) is -1.02. The van der Waals surface area contributed by atoms with Gasteiger partial charge in [-0.05, 0) is 24.7 Å². The maximum Gasteiger partial charge on any atom is 0.0462 e. The van der Waals surface area contributed by atoms with Crippen LogP contribution in [0.3, 0.4) is 0 Å². The van der Waals surface area contributed by atoms with Crippen molar-refractivity contribution >= 4 is 8.07 Å². The van der Waals surface area contributed by atoms with Crippen LogP contribution in [0.2, 0.25) is 25.7 Å². The quantitative estimate of drug-likeness (QED) is 0.544. The van der Waals surface area contributed by atoms with Crippen molar-refractivity contribution in [2.24, 2.45) is 11.8 Å². The van der Waals surface area contributed by atoms with Crippen LogP contribution < -0.4 is 0 Å². The van der Waals surface area contributed by atoms with Crippen molar-refractivity contribution in [3.8, 4) is 0 Å². The summed E-state index contributed by atoms with van der Waals surface area (Å²) in [4.78, 5) is 0. The minimum Gasteiger partial charge on any atom is -0.396 e. The second kappa shape index (κ2) is 3.97. The van der Waals surface area contributed by atoms with Crippen LogP contribution in [-0.4, -0.2) is 19.8 Å². The molecule has 0 amide bonds. The van der Waals surface area contributed by atoms with Crippen molar-refractivity contribution < 1.29 is 5.11 Å². The Morgan fingerprint density at radius 2 is 2.15 bits per heavy atom. The Hall–Kier alpha value is -0.0831. The molecule has 1 nitrogen and oxygen atoms in total. The van der Waals surface area contributed by atoms with Crippen LogP contribution in [0.5, 0.6) is 0 Å². The summed E-state index contributed by atoms with van der Waals surface area (Å²) in [6, 6.07) is 1.24. The molecule has 0 aromatic heterocycles. The van der Waals surface area contributed by atoms with Gasteiger partial charge in [0, 0.05) is 14.7 Å². The van der Waals surface area contributed by atoms with Crippen LogP contribution in [0, 0.1) is 11.8 Å². The van der Waals surface area contributed by atoms with E-state index in [2.05, 4.69) is 26.2 Å². The fraction of sp³-hybridized carbons (Fsp3) is 0.818. The number of aliphatic hydroxyl groups is 1. The molecule has 1 fully saturated rings. The lowest BCUT2D eigenvalue weighted by Crippen LogP contribution is -2.33. The fourth-order valence-corrected chi connectivity index (χ4v) is 4.19. The average molecular weight is 198 g/mol. The van der Waals surface area contributed by atoms with Crippen LogP contribution in [0.1, 0.15) is 12.8 Å². The first-order valence-electron chi connectivity index (χ1n) is 5.22. The number of aliphatic hydroxyl groups excluding tert-OH is 1. The van der Waals surface area contributed by atoms with E-state index in [-0.39, 0.29) is 0 Å². The van der Waals surface area contributed by atoms with Gasteiger partial charge in [-0.15, -0.1) is 0 Å². The van der Waals surface area contributed by atoms with Crippen molar-refractivity contribution in [2.45, 2.75) is 38.5 Å². The molecule has 1 aliphatic carbocycles. The highest BCUT2D eigenvalue weighted by atomic mass is 28.3. The molecular formula is C11H22OSi. The maximum atomic E-state index is 9.32. The van der Waals surface area contributed by atoms with E-state index < -0.39 is 8.07 Å². The molecule has 13 heavy (non-hydrogen) atoms. The van der Waals surface area contributed by atoms with E-state index in [1.54, 1.807) is 0 Å². The zero-order valence-electron chi connectivity index (χ0n) is 9.14. The van der Waals surface area contributed by atoms with Gasteiger partial charge in [-0.1, -0.05) is 37.8 Å². The molecule has 0 aliphatic heterocycles. The molecule has 0 aromatic carbocycles. The average Bonchev–Trinajstić information content (AvgIpc) is 1.98. The van der Waals surface area contributed by atoms with E-state index in [1.807, 2.05) is 0 Å². The summed E-state index contributed by atoms with van der Waals surface area (Å²) in [5, 5.41) is 9.32. The fourth-order valence-electron chi connectivity index (χ4n) is 2.20. The highest BCUT2D eigenvalue weighted by Crippen LogP contribution is 2.40. The molecule has 2 atom stereocenters. The Labute approximate surface area is 82.9 Å². The van der Waals surface area contributed by atoms with Crippen LogP contribution >= 0.6 is 0 Å². The first-order valence-corrected chi connectivity index (χ1v) is 8.93. The molecule has 0 radical (unpaired) electrons. The molecule has 0 spiro atoms. The second-order valence-corrected chi connectivity index (χ2v) is 11.0. The zero-order valence-corrected chi connectivity index (χ0v) is 10.1. The topological polar surface area (TPSA) is 20.2 Å². The normalized spacial score (nSPS) is 25.5. The lowest BCUT2D eigenvalue weighted by Gasteiger charge is -2.37. The molecule has 1 N–H and O–H groups in total. The van der Waals surface area contributed by atoms with Gasteiger partial charge in [0.2, 0.25) is 0 Å². The minimum absolute atomic E-state index is 0.355. The van der Waals surface area contributed by atoms with Crippen molar-refractivity contribution in [1.29, 1.82) is 0 Å². The lowest BCUT2D eigenvalue weighted by molar-refractivity contribution is 0.176. The van der Waals surface area contributed by atoms with Crippen LogP contribution in [0.15, 0.2) is 12.2 Å². The Kier molecular flexibility index (Phi) is 3.36. The molecule has 0 bridgehead atoms. The minimum atomic E-state index is -1.02. The van der Waals surface area contributed by atoms with E-state index in [1.165, 1.54) is 24.5 Å². The van der Waals surface area contributed by atoms with Gasteiger partial charge in [-0.3, -0.25) is 0 Å². The summed E-state index contributed by atoms with van der Waals surface area (Å²) < 4.78 is 0. The third-order valence-electron chi connectivity index (χ3n) is 2.98. The molecular weight excluding hydrogens is 176 g/mol. The molecule has 1 rings (SSSR count). The Bertz CT molecular complexity index is 193.